The van der Waals surface area contributed by atoms with Gasteiger partial charge in [0.1, 0.15) is 13.2 Å². The van der Waals surface area contributed by atoms with E-state index in [-0.39, 0.29) is 32.7 Å². The lowest BCUT2D eigenvalue weighted by Crippen LogP contribution is -2.44. The van der Waals surface area contributed by atoms with Crippen molar-refractivity contribution >= 4 is 17.9 Å². The molecular formula is C60H91NO8. The Hall–Kier alpha value is -5.09. The minimum absolute atomic E-state index is 0.119. The van der Waals surface area contributed by atoms with Crippen LogP contribution in [0.4, 0.5) is 0 Å². The lowest BCUT2D eigenvalue weighted by atomic mass is 10.1. The van der Waals surface area contributed by atoms with Gasteiger partial charge in [-0.15, -0.1) is 0 Å². The Morgan fingerprint density at radius 3 is 1.19 bits per heavy atom. The fourth-order valence-corrected chi connectivity index (χ4v) is 5.89. The third-order valence-electron chi connectivity index (χ3n) is 9.78. The van der Waals surface area contributed by atoms with Gasteiger partial charge in [-0.2, -0.15) is 0 Å². The number of nitrogens with zero attached hydrogens (tertiary/aromatic N) is 1. The molecule has 0 saturated heterocycles. The number of rotatable bonds is 44. The number of hydrogen-bond acceptors (Lipinski definition) is 8. The molecule has 0 radical (unpaired) electrons. The minimum atomic E-state index is -1.66. The SMILES string of the molecule is CC/C=C\C/C=C\C/C=C\C/C=C\C/C=C\C/C=C\C/C=C\CCCCCC(=O)OC(COC(=O)CC/C=C\C/C=C\C/C=C\C/C=C\C/C=C\C/C=C\CC)COC(OCC[N+](C)(C)C)C(=O)[O-]. The summed E-state index contributed by atoms with van der Waals surface area (Å²) in [5, 5.41) is 11.7. The summed E-state index contributed by atoms with van der Waals surface area (Å²) in [5.74, 6) is -2.47. The second kappa shape index (κ2) is 49.3. The van der Waals surface area contributed by atoms with Gasteiger partial charge in [-0.3, -0.25) is 9.59 Å². The Morgan fingerprint density at radius 1 is 0.435 bits per heavy atom. The maximum Gasteiger partial charge on any atom is 0.306 e. The van der Waals surface area contributed by atoms with Gasteiger partial charge in [0.2, 0.25) is 0 Å². The first kappa shape index (κ1) is 63.9. The van der Waals surface area contributed by atoms with Gasteiger partial charge >= 0.3 is 11.9 Å². The van der Waals surface area contributed by atoms with Gasteiger partial charge < -0.3 is 33.3 Å². The van der Waals surface area contributed by atoms with Gasteiger partial charge in [0.15, 0.2) is 12.4 Å². The average Bonchev–Trinajstić information content (AvgIpc) is 3.31. The van der Waals surface area contributed by atoms with E-state index in [0.29, 0.717) is 23.9 Å². The number of carbonyl (C=O) groups excluding carboxylic acids is 3. The van der Waals surface area contributed by atoms with E-state index in [4.69, 9.17) is 18.9 Å². The molecule has 384 valence electrons. The van der Waals surface area contributed by atoms with Crippen LogP contribution in [-0.4, -0.2) is 82.3 Å². The van der Waals surface area contributed by atoms with Crippen LogP contribution in [0.25, 0.3) is 0 Å². The summed E-state index contributed by atoms with van der Waals surface area (Å²) in [6.45, 7) is 4.34. The topological polar surface area (TPSA) is 111 Å². The number of carbonyl (C=O) groups is 3. The standard InChI is InChI=1S/C60H91NO8/c1-6-8-10-12-14-16-18-20-22-24-26-27-28-29-30-31-33-35-37-39-41-43-45-47-49-51-58(63)69-56(55-68-60(59(64)65)66-53-52-61(3,4)5)54-67-57(62)50-48-46-44-42-40-38-36-34-32-25-23-21-19-17-15-13-11-9-7-2/h8-11,14-17,20-23,26-27,29-30,32-35,38-41,44,46,56,60H,6-7,12-13,18-19,24-25,28,31,36-37,42-43,45,47-55H2,1-5H3/b10-8-,11-9-,16-14-,17-15-,22-20-,23-21-,27-26-,30-29-,34-32-,35-33-,40-38-,41-39-,46-44-. The zero-order valence-corrected chi connectivity index (χ0v) is 43.3. The molecule has 0 amide bonds. The predicted molar refractivity (Wildman–Crippen MR) is 287 cm³/mol. The summed E-state index contributed by atoms with van der Waals surface area (Å²) in [4.78, 5) is 37.1. The maximum absolute atomic E-state index is 12.8. The number of likely N-dealkylation sites (N-methyl/N-ethyl adjacent to an activating group) is 1. The zero-order valence-electron chi connectivity index (χ0n) is 43.3. The van der Waals surface area contributed by atoms with Gasteiger partial charge in [0, 0.05) is 12.8 Å². The Morgan fingerprint density at radius 2 is 0.812 bits per heavy atom. The number of unbranched alkanes of at least 4 members (excludes halogenated alkanes) is 3. The molecule has 2 atom stereocenters. The van der Waals surface area contributed by atoms with E-state index >= 15 is 0 Å². The fraction of sp³-hybridized carbons (Fsp3) is 0.517. The summed E-state index contributed by atoms with van der Waals surface area (Å²) in [7, 11) is 5.86. The zero-order chi connectivity index (χ0) is 50.6. The van der Waals surface area contributed by atoms with Crippen molar-refractivity contribution in [3.05, 3.63) is 158 Å². The molecule has 0 aromatic heterocycles. The predicted octanol–water partition coefficient (Wildman–Crippen LogP) is 13.3. The first-order chi connectivity index (χ1) is 33.6. The maximum atomic E-state index is 12.8. The Labute approximate surface area is 419 Å². The van der Waals surface area contributed by atoms with Crippen LogP contribution in [0.2, 0.25) is 0 Å². The van der Waals surface area contributed by atoms with Crippen molar-refractivity contribution in [2.45, 2.75) is 155 Å². The van der Waals surface area contributed by atoms with E-state index in [9.17, 15) is 19.5 Å². The van der Waals surface area contributed by atoms with Crippen LogP contribution in [0.5, 0.6) is 0 Å². The highest BCUT2D eigenvalue weighted by molar-refractivity contribution is 5.70. The highest BCUT2D eigenvalue weighted by Gasteiger charge is 2.21. The minimum Gasteiger partial charge on any atom is -0.545 e. The second-order valence-electron chi connectivity index (χ2n) is 17.3. The first-order valence-corrected chi connectivity index (χ1v) is 25.6. The molecule has 0 aromatic rings. The van der Waals surface area contributed by atoms with Gasteiger partial charge in [0.05, 0.1) is 40.3 Å². The first-order valence-electron chi connectivity index (χ1n) is 25.6. The van der Waals surface area contributed by atoms with E-state index in [1.165, 1.54) is 0 Å². The smallest absolute Gasteiger partial charge is 0.306 e. The lowest BCUT2D eigenvalue weighted by molar-refractivity contribution is -0.870. The molecular weight excluding hydrogens is 863 g/mol. The van der Waals surface area contributed by atoms with Crippen molar-refractivity contribution in [3.63, 3.8) is 0 Å². The summed E-state index contributed by atoms with van der Waals surface area (Å²) in [6, 6.07) is 0. The van der Waals surface area contributed by atoms with Crippen molar-refractivity contribution < 1.29 is 42.9 Å². The molecule has 0 aromatic carbocycles. The molecule has 69 heavy (non-hydrogen) atoms. The van der Waals surface area contributed by atoms with Gasteiger partial charge in [-0.25, -0.2) is 0 Å². The number of hydrogen-bond donors (Lipinski definition) is 0. The van der Waals surface area contributed by atoms with Crippen LogP contribution in [0.15, 0.2) is 158 Å². The van der Waals surface area contributed by atoms with Crippen LogP contribution in [0.1, 0.15) is 142 Å². The Kier molecular flexibility index (Phi) is 45.7. The normalized spacial score (nSPS) is 14.2. The molecule has 0 aliphatic carbocycles. The third kappa shape index (κ3) is 50.6. The summed E-state index contributed by atoms with van der Waals surface area (Å²) < 4.78 is 22.5. The summed E-state index contributed by atoms with van der Waals surface area (Å²) in [6.07, 6.45) is 70.1. The van der Waals surface area contributed by atoms with Crippen molar-refractivity contribution in [2.24, 2.45) is 0 Å². The summed E-state index contributed by atoms with van der Waals surface area (Å²) in [5.41, 5.74) is 0. The summed E-state index contributed by atoms with van der Waals surface area (Å²) >= 11 is 0. The molecule has 0 fully saturated rings. The highest BCUT2D eigenvalue weighted by atomic mass is 16.7. The molecule has 9 nitrogen and oxygen atoms in total. The quantitative estimate of drug-likeness (QED) is 0.0195. The van der Waals surface area contributed by atoms with Gasteiger partial charge in [-0.05, 0) is 109 Å². The number of quaternary nitrogens is 1. The van der Waals surface area contributed by atoms with E-state index < -0.39 is 30.3 Å². The fourth-order valence-electron chi connectivity index (χ4n) is 5.89. The molecule has 0 aliphatic heterocycles. The van der Waals surface area contributed by atoms with Crippen molar-refractivity contribution in [2.75, 3.05) is 47.5 Å². The van der Waals surface area contributed by atoms with Crippen molar-refractivity contribution in [1.82, 2.24) is 0 Å². The second-order valence-corrected chi connectivity index (χ2v) is 17.3. The molecule has 2 unspecified atom stereocenters. The Bertz CT molecular complexity index is 1680. The number of ether oxygens (including phenoxy) is 4. The van der Waals surface area contributed by atoms with Crippen molar-refractivity contribution in [1.29, 1.82) is 0 Å². The molecule has 9 heteroatoms. The number of allylic oxidation sites excluding steroid dienone is 26. The van der Waals surface area contributed by atoms with Crippen molar-refractivity contribution in [3.8, 4) is 0 Å². The molecule has 0 aliphatic rings. The van der Waals surface area contributed by atoms with Crippen LogP contribution in [-0.2, 0) is 33.3 Å². The number of aliphatic carboxylic acids is 1. The van der Waals surface area contributed by atoms with Crippen LogP contribution in [0, 0.1) is 0 Å². The highest BCUT2D eigenvalue weighted by Crippen LogP contribution is 2.10. The largest absolute Gasteiger partial charge is 0.545 e. The molecule has 0 spiro atoms. The van der Waals surface area contributed by atoms with Gasteiger partial charge in [-0.1, -0.05) is 178 Å². The van der Waals surface area contributed by atoms with E-state index in [2.05, 4.69) is 160 Å². The molecule has 0 N–H and O–H groups in total. The number of carboxylic acid groups (broad SMARTS) is 1. The Balaban J connectivity index is 4.57. The molecule has 0 heterocycles. The monoisotopic (exact) mass is 954 g/mol. The molecule has 0 bridgehead atoms. The van der Waals surface area contributed by atoms with Gasteiger partial charge in [0.25, 0.3) is 0 Å². The number of carboxylic acids is 1. The van der Waals surface area contributed by atoms with E-state index in [1.54, 1.807) is 0 Å². The van der Waals surface area contributed by atoms with Crippen LogP contribution in [0.3, 0.4) is 0 Å². The molecule has 0 saturated carbocycles. The lowest BCUT2D eigenvalue weighted by Gasteiger charge is -2.26. The van der Waals surface area contributed by atoms with Crippen LogP contribution < -0.4 is 5.11 Å². The van der Waals surface area contributed by atoms with E-state index in [0.717, 1.165) is 103 Å². The molecule has 0 rings (SSSR count). The van der Waals surface area contributed by atoms with E-state index in [1.807, 2.05) is 33.3 Å². The third-order valence-corrected chi connectivity index (χ3v) is 9.78. The average molecular weight is 954 g/mol. The van der Waals surface area contributed by atoms with Crippen LogP contribution >= 0.6 is 0 Å². The number of esters is 2.